The summed E-state index contributed by atoms with van der Waals surface area (Å²) in [5.74, 6) is 6.06. The SMILES string of the molecule is CC(C)C(C)C(=O)Nc1ccccc1C#CCN. The van der Waals surface area contributed by atoms with Crippen molar-refractivity contribution in [3.05, 3.63) is 29.8 Å². The highest BCUT2D eigenvalue weighted by atomic mass is 16.1. The lowest BCUT2D eigenvalue weighted by molar-refractivity contribution is -0.120. The number of hydrogen-bond acceptors (Lipinski definition) is 2. The van der Waals surface area contributed by atoms with Gasteiger partial charge in [0, 0.05) is 11.5 Å². The van der Waals surface area contributed by atoms with Crippen LogP contribution in [0.1, 0.15) is 26.3 Å². The Bertz CT molecular complexity index is 469. The van der Waals surface area contributed by atoms with Crippen LogP contribution >= 0.6 is 0 Å². The average Bonchev–Trinajstić information content (AvgIpc) is 2.36. The van der Waals surface area contributed by atoms with Crippen molar-refractivity contribution in [3.63, 3.8) is 0 Å². The van der Waals surface area contributed by atoms with Crippen LogP contribution in [0, 0.1) is 23.7 Å². The molecule has 3 N–H and O–H groups in total. The molecule has 1 amide bonds. The lowest BCUT2D eigenvalue weighted by Gasteiger charge is -2.16. The standard InChI is InChI=1S/C15H20N2O/c1-11(2)12(3)15(18)17-14-9-5-4-7-13(14)8-6-10-16/h4-5,7,9,11-12H,10,16H2,1-3H3,(H,17,18). The summed E-state index contributed by atoms with van der Waals surface area (Å²) >= 11 is 0. The van der Waals surface area contributed by atoms with Crippen LogP contribution in [0.5, 0.6) is 0 Å². The van der Waals surface area contributed by atoms with Crippen LogP contribution in [0.3, 0.4) is 0 Å². The number of anilines is 1. The Hall–Kier alpha value is -1.79. The summed E-state index contributed by atoms with van der Waals surface area (Å²) in [7, 11) is 0. The molecule has 96 valence electrons. The Morgan fingerprint density at radius 1 is 1.33 bits per heavy atom. The fourth-order valence-electron chi connectivity index (χ4n) is 1.40. The number of carbonyl (C=O) groups is 1. The Kier molecular flexibility index (Phi) is 5.41. The van der Waals surface area contributed by atoms with Gasteiger partial charge < -0.3 is 11.1 Å². The maximum Gasteiger partial charge on any atom is 0.227 e. The van der Waals surface area contributed by atoms with Crippen molar-refractivity contribution in [3.8, 4) is 11.8 Å². The third-order valence-corrected chi connectivity index (χ3v) is 2.92. The molecule has 0 bridgehead atoms. The molecule has 0 saturated heterocycles. The van der Waals surface area contributed by atoms with Gasteiger partial charge in [-0.1, -0.05) is 44.7 Å². The van der Waals surface area contributed by atoms with Gasteiger partial charge in [-0.15, -0.1) is 0 Å². The number of nitrogens with one attached hydrogen (secondary N) is 1. The molecule has 18 heavy (non-hydrogen) atoms. The van der Waals surface area contributed by atoms with Crippen LogP contribution in [0.2, 0.25) is 0 Å². The molecule has 0 aliphatic rings. The van der Waals surface area contributed by atoms with Crippen LogP contribution in [0.4, 0.5) is 5.69 Å². The molecule has 0 heterocycles. The maximum absolute atomic E-state index is 12.0. The van der Waals surface area contributed by atoms with Gasteiger partial charge in [-0.2, -0.15) is 0 Å². The van der Waals surface area contributed by atoms with Gasteiger partial charge in [-0.25, -0.2) is 0 Å². The van der Waals surface area contributed by atoms with E-state index >= 15 is 0 Å². The van der Waals surface area contributed by atoms with Gasteiger partial charge in [0.25, 0.3) is 0 Å². The predicted octanol–water partition coefficient (Wildman–Crippen LogP) is 2.23. The predicted molar refractivity (Wildman–Crippen MR) is 75.0 cm³/mol. The third kappa shape index (κ3) is 3.90. The number of para-hydroxylation sites is 1. The Balaban J connectivity index is 2.87. The number of amides is 1. The number of carbonyl (C=O) groups excluding carboxylic acids is 1. The first-order valence-electron chi connectivity index (χ1n) is 6.15. The van der Waals surface area contributed by atoms with E-state index in [0.29, 0.717) is 12.5 Å². The van der Waals surface area contributed by atoms with E-state index in [4.69, 9.17) is 5.73 Å². The van der Waals surface area contributed by atoms with E-state index in [2.05, 4.69) is 17.2 Å². The molecule has 3 heteroatoms. The maximum atomic E-state index is 12.0. The van der Waals surface area contributed by atoms with E-state index in [1.54, 1.807) is 0 Å². The average molecular weight is 244 g/mol. The fraction of sp³-hybridized carbons (Fsp3) is 0.400. The second-order valence-electron chi connectivity index (χ2n) is 4.57. The number of benzene rings is 1. The van der Waals surface area contributed by atoms with E-state index in [1.165, 1.54) is 0 Å². The highest BCUT2D eigenvalue weighted by molar-refractivity contribution is 5.93. The first-order chi connectivity index (χ1) is 8.56. The minimum Gasteiger partial charge on any atom is -0.325 e. The van der Waals surface area contributed by atoms with E-state index in [0.717, 1.165) is 11.3 Å². The van der Waals surface area contributed by atoms with Gasteiger partial charge in [0.1, 0.15) is 0 Å². The molecule has 0 aromatic heterocycles. The molecule has 0 radical (unpaired) electrons. The number of nitrogens with two attached hydrogens (primary N) is 1. The van der Waals surface area contributed by atoms with E-state index in [-0.39, 0.29) is 11.8 Å². The zero-order chi connectivity index (χ0) is 13.5. The van der Waals surface area contributed by atoms with Crippen LogP contribution in [0.25, 0.3) is 0 Å². The largest absolute Gasteiger partial charge is 0.325 e. The molecule has 1 aromatic rings. The minimum atomic E-state index is -0.0273. The summed E-state index contributed by atoms with van der Waals surface area (Å²) in [4.78, 5) is 12.0. The van der Waals surface area contributed by atoms with Crippen LogP contribution < -0.4 is 11.1 Å². The summed E-state index contributed by atoms with van der Waals surface area (Å²) in [6.45, 7) is 6.30. The quantitative estimate of drug-likeness (QED) is 0.801. The van der Waals surface area contributed by atoms with Gasteiger partial charge in [0.05, 0.1) is 12.2 Å². The molecule has 1 atom stereocenters. The van der Waals surface area contributed by atoms with Gasteiger partial charge in [-0.05, 0) is 18.1 Å². The van der Waals surface area contributed by atoms with Gasteiger partial charge >= 0.3 is 0 Å². The molecule has 0 spiro atoms. The van der Waals surface area contributed by atoms with Crippen LogP contribution in [-0.4, -0.2) is 12.5 Å². The van der Waals surface area contributed by atoms with Gasteiger partial charge in [0.2, 0.25) is 5.91 Å². The zero-order valence-corrected chi connectivity index (χ0v) is 11.2. The van der Waals surface area contributed by atoms with Crippen molar-refractivity contribution in [2.24, 2.45) is 17.6 Å². The molecule has 0 fully saturated rings. The van der Waals surface area contributed by atoms with Crippen molar-refractivity contribution in [2.45, 2.75) is 20.8 Å². The summed E-state index contributed by atoms with van der Waals surface area (Å²) in [5.41, 5.74) is 6.90. The van der Waals surface area contributed by atoms with E-state index in [1.807, 2.05) is 45.0 Å². The third-order valence-electron chi connectivity index (χ3n) is 2.92. The Labute approximate surface area is 109 Å². The normalized spacial score (nSPS) is 11.6. The second-order valence-corrected chi connectivity index (χ2v) is 4.57. The number of rotatable bonds is 3. The highest BCUT2D eigenvalue weighted by Crippen LogP contribution is 2.17. The van der Waals surface area contributed by atoms with Crippen molar-refractivity contribution >= 4 is 11.6 Å². The lowest BCUT2D eigenvalue weighted by atomic mass is 9.97. The summed E-state index contributed by atoms with van der Waals surface area (Å²) in [6.07, 6.45) is 0. The first kappa shape index (κ1) is 14.3. The van der Waals surface area contributed by atoms with Gasteiger partial charge in [-0.3, -0.25) is 4.79 Å². The molecule has 1 rings (SSSR count). The van der Waals surface area contributed by atoms with Crippen molar-refractivity contribution < 1.29 is 4.79 Å². The Morgan fingerprint density at radius 3 is 2.61 bits per heavy atom. The Morgan fingerprint density at radius 2 is 2.00 bits per heavy atom. The monoisotopic (exact) mass is 244 g/mol. The van der Waals surface area contributed by atoms with Crippen LogP contribution in [0.15, 0.2) is 24.3 Å². The molecule has 3 nitrogen and oxygen atoms in total. The fourth-order valence-corrected chi connectivity index (χ4v) is 1.40. The molecular formula is C15H20N2O. The summed E-state index contributed by atoms with van der Waals surface area (Å²) < 4.78 is 0. The molecule has 0 aliphatic heterocycles. The molecule has 0 saturated carbocycles. The lowest BCUT2D eigenvalue weighted by Crippen LogP contribution is -2.24. The van der Waals surface area contributed by atoms with Crippen molar-refractivity contribution in [1.29, 1.82) is 0 Å². The topological polar surface area (TPSA) is 55.1 Å². The van der Waals surface area contributed by atoms with E-state index in [9.17, 15) is 4.79 Å². The van der Waals surface area contributed by atoms with Crippen molar-refractivity contribution in [1.82, 2.24) is 0 Å². The summed E-state index contributed by atoms with van der Waals surface area (Å²) in [6, 6.07) is 7.50. The van der Waals surface area contributed by atoms with Crippen LogP contribution in [-0.2, 0) is 4.79 Å². The second kappa shape index (κ2) is 6.83. The smallest absolute Gasteiger partial charge is 0.227 e. The summed E-state index contributed by atoms with van der Waals surface area (Å²) in [5, 5.41) is 2.92. The van der Waals surface area contributed by atoms with Crippen molar-refractivity contribution in [2.75, 3.05) is 11.9 Å². The zero-order valence-electron chi connectivity index (χ0n) is 11.2. The molecular weight excluding hydrogens is 224 g/mol. The highest BCUT2D eigenvalue weighted by Gasteiger charge is 2.17. The minimum absolute atomic E-state index is 0.0204. The van der Waals surface area contributed by atoms with E-state index < -0.39 is 0 Å². The number of hydrogen-bond donors (Lipinski definition) is 2. The molecule has 0 aliphatic carbocycles. The molecule has 1 unspecified atom stereocenters. The van der Waals surface area contributed by atoms with Gasteiger partial charge in [0.15, 0.2) is 0 Å². The molecule has 1 aromatic carbocycles. The first-order valence-corrected chi connectivity index (χ1v) is 6.15.